The molecule has 0 saturated carbocycles. The highest BCUT2D eigenvalue weighted by molar-refractivity contribution is 5.98. The van der Waals surface area contributed by atoms with E-state index in [0.717, 1.165) is 45.9 Å². The number of amides is 6. The number of carbonyl (C=O) groups is 6. The van der Waals surface area contributed by atoms with Gasteiger partial charge < -0.3 is 82.3 Å². The summed E-state index contributed by atoms with van der Waals surface area (Å²) in [6, 6.07) is 17.3. The SMILES string of the molecule is CC(O)C1NC(=O)C(Nc2ccc(-c3ccc(C#Cc4ccccc4)cc3)cc2)CC(O)C(O)NC(=O)C2C(O)C(C)CN2C(=O)C(C(C)O)NC(=O)C(C(O)C(O)c2ccc(O)cc2)NC(=O)C2CC(O)CN2C1=O. The van der Waals surface area contributed by atoms with Gasteiger partial charge in [-0.2, -0.15) is 0 Å². The molecule has 7 rings (SSSR count). The van der Waals surface area contributed by atoms with E-state index >= 15 is 0 Å². The third-order valence-corrected chi connectivity index (χ3v) is 13.7. The summed E-state index contributed by atoms with van der Waals surface area (Å²) in [5, 5.41) is 112. The number of aliphatic hydroxyl groups is 8. The maximum atomic E-state index is 14.4. The summed E-state index contributed by atoms with van der Waals surface area (Å²) in [7, 11) is 0. The Balaban J connectivity index is 1.22. The summed E-state index contributed by atoms with van der Waals surface area (Å²) in [5.74, 6) is -1.85. The van der Waals surface area contributed by atoms with Gasteiger partial charge in [0, 0.05) is 48.7 Å². The third-order valence-electron chi connectivity index (χ3n) is 13.7. The number of fused-ring (bicyclic) bond motifs is 2. The molecule has 0 spiro atoms. The van der Waals surface area contributed by atoms with Gasteiger partial charge in [-0.25, -0.2) is 0 Å². The number of aliphatic hydroxyl groups excluding tert-OH is 8. The van der Waals surface area contributed by atoms with Crippen LogP contribution in [0.25, 0.3) is 11.1 Å². The summed E-state index contributed by atoms with van der Waals surface area (Å²) >= 11 is 0. The van der Waals surface area contributed by atoms with E-state index in [-0.39, 0.29) is 17.9 Å². The normalized spacial score (nSPS) is 28.6. The Labute approximate surface area is 437 Å². The zero-order chi connectivity index (χ0) is 55.1. The lowest BCUT2D eigenvalue weighted by Crippen LogP contribution is -2.64. The second kappa shape index (κ2) is 24.5. The van der Waals surface area contributed by atoms with E-state index in [9.17, 15) is 74.7 Å². The van der Waals surface area contributed by atoms with Crippen LogP contribution in [-0.4, -0.2) is 183 Å². The molecule has 404 valence electrons. The monoisotopic (exact) mass is 1050 g/mol. The first-order valence-corrected chi connectivity index (χ1v) is 24.7. The fourth-order valence-corrected chi connectivity index (χ4v) is 9.40. The molecule has 3 heterocycles. The van der Waals surface area contributed by atoms with Gasteiger partial charge in [0.1, 0.15) is 60.3 Å². The number of carbonyl (C=O) groups excluding carboxylic acids is 6. The minimum atomic E-state index is -2.27. The van der Waals surface area contributed by atoms with Crippen LogP contribution in [0.15, 0.2) is 103 Å². The summed E-state index contributed by atoms with van der Waals surface area (Å²) in [6.45, 7) is 2.88. The lowest BCUT2D eigenvalue weighted by molar-refractivity contribution is -0.148. The van der Waals surface area contributed by atoms with Crippen molar-refractivity contribution in [3.63, 3.8) is 0 Å². The molecule has 14 N–H and O–H groups in total. The zero-order valence-corrected chi connectivity index (χ0v) is 41.7. The Morgan fingerprint density at radius 3 is 1.72 bits per heavy atom. The molecule has 3 saturated heterocycles. The predicted octanol–water partition coefficient (Wildman–Crippen LogP) is -2.08. The second-order valence-electron chi connectivity index (χ2n) is 19.5. The first-order valence-electron chi connectivity index (χ1n) is 24.7. The highest BCUT2D eigenvalue weighted by atomic mass is 16.3. The third kappa shape index (κ3) is 13.1. The molecule has 0 aromatic heterocycles. The summed E-state index contributed by atoms with van der Waals surface area (Å²) in [4.78, 5) is 87.5. The van der Waals surface area contributed by atoms with Gasteiger partial charge in [-0.05, 0) is 79.1 Å². The van der Waals surface area contributed by atoms with Gasteiger partial charge in [0.15, 0.2) is 6.23 Å². The van der Waals surface area contributed by atoms with Gasteiger partial charge in [-0.1, -0.05) is 73.4 Å². The van der Waals surface area contributed by atoms with E-state index in [1.54, 1.807) is 24.3 Å². The van der Waals surface area contributed by atoms with Crippen LogP contribution in [0.1, 0.15) is 56.4 Å². The number of nitrogens with zero attached hydrogens (tertiary/aromatic N) is 2. The highest BCUT2D eigenvalue weighted by Crippen LogP contribution is 2.29. The maximum Gasteiger partial charge on any atom is 0.248 e. The number of hydrogen-bond donors (Lipinski definition) is 14. The van der Waals surface area contributed by atoms with Gasteiger partial charge in [-0.3, -0.25) is 28.8 Å². The van der Waals surface area contributed by atoms with Crippen molar-refractivity contribution in [2.24, 2.45) is 5.92 Å². The van der Waals surface area contributed by atoms with Crippen molar-refractivity contribution in [3.05, 3.63) is 120 Å². The number of phenolic OH excluding ortho intramolecular Hbond substituents is 1. The lowest BCUT2D eigenvalue weighted by Gasteiger charge is -2.34. The van der Waals surface area contributed by atoms with Crippen LogP contribution in [0.2, 0.25) is 0 Å². The van der Waals surface area contributed by atoms with Crippen molar-refractivity contribution in [2.75, 3.05) is 18.4 Å². The standard InChI is InChI=1S/C54H63N7O15/c1-27-25-61-44(45(27)67)52(74)59-50(72)40(66)24-38(55-35-19-15-33(16-20-35)32-13-11-31(12-14-32)10-9-30-7-5-4-6-8-30)48(70)56-41(28(2)62)53(75)60-26-37(65)23-39(60)49(71)58-43(51(73)57-42(29(3)63)54(61)76)47(69)46(68)34-17-21-36(64)22-18-34/h4-8,11-22,27-29,37-47,50,55,62-69,72H,23-26H2,1-3H3,(H,56,70)(H,57,73)(H,58,71)(H,59,74). The first kappa shape index (κ1) is 56.3. The summed E-state index contributed by atoms with van der Waals surface area (Å²) < 4.78 is 0. The van der Waals surface area contributed by atoms with Crippen LogP contribution >= 0.6 is 0 Å². The molecule has 0 aliphatic carbocycles. The van der Waals surface area contributed by atoms with Crippen LogP contribution in [0, 0.1) is 17.8 Å². The number of rotatable bonds is 8. The molecule has 76 heavy (non-hydrogen) atoms. The number of hydrogen-bond acceptors (Lipinski definition) is 16. The second-order valence-corrected chi connectivity index (χ2v) is 19.5. The Hall–Kier alpha value is -7.46. The molecule has 3 fully saturated rings. The Bertz CT molecular complexity index is 2770. The van der Waals surface area contributed by atoms with Gasteiger partial charge >= 0.3 is 0 Å². The van der Waals surface area contributed by atoms with E-state index in [2.05, 4.69) is 38.4 Å². The van der Waals surface area contributed by atoms with Crippen molar-refractivity contribution in [2.45, 2.75) is 119 Å². The summed E-state index contributed by atoms with van der Waals surface area (Å²) in [6.07, 6.45) is -16.0. The van der Waals surface area contributed by atoms with E-state index in [1.807, 2.05) is 54.6 Å². The van der Waals surface area contributed by atoms with E-state index in [0.29, 0.717) is 5.69 Å². The molecule has 3 aliphatic rings. The molecular formula is C54H63N7O15. The van der Waals surface area contributed by atoms with Crippen LogP contribution in [0.3, 0.4) is 0 Å². The molecule has 22 heteroatoms. The van der Waals surface area contributed by atoms with Crippen LogP contribution in [0.4, 0.5) is 5.69 Å². The number of benzene rings is 4. The molecule has 4 aromatic rings. The molecule has 3 aliphatic heterocycles. The predicted molar refractivity (Wildman–Crippen MR) is 272 cm³/mol. The highest BCUT2D eigenvalue weighted by Gasteiger charge is 2.50. The molecule has 0 radical (unpaired) electrons. The maximum absolute atomic E-state index is 14.4. The minimum absolute atomic E-state index is 0.0559. The Morgan fingerprint density at radius 1 is 0.592 bits per heavy atom. The fourth-order valence-electron chi connectivity index (χ4n) is 9.40. The quantitative estimate of drug-likeness (QED) is 0.0843. The Morgan fingerprint density at radius 2 is 1.13 bits per heavy atom. The molecule has 15 atom stereocenters. The van der Waals surface area contributed by atoms with Gasteiger partial charge in [-0.15, -0.1) is 0 Å². The average molecular weight is 1050 g/mol. The van der Waals surface area contributed by atoms with Crippen molar-refractivity contribution < 1.29 is 74.7 Å². The summed E-state index contributed by atoms with van der Waals surface area (Å²) in [5.41, 5.74) is 3.46. The molecule has 0 bridgehead atoms. The van der Waals surface area contributed by atoms with Crippen LogP contribution in [0.5, 0.6) is 5.75 Å². The van der Waals surface area contributed by atoms with Crippen molar-refractivity contribution >= 4 is 41.1 Å². The molecular weight excluding hydrogens is 987 g/mol. The van der Waals surface area contributed by atoms with Crippen LogP contribution < -0.4 is 26.6 Å². The minimum Gasteiger partial charge on any atom is -0.508 e. The van der Waals surface area contributed by atoms with E-state index < -0.39 is 146 Å². The molecule has 6 amide bonds. The average Bonchev–Trinajstić information content (AvgIpc) is 3.96. The van der Waals surface area contributed by atoms with E-state index in [1.165, 1.54) is 31.2 Å². The Kier molecular flexibility index (Phi) is 18.1. The first-order chi connectivity index (χ1) is 36.1. The van der Waals surface area contributed by atoms with E-state index in [4.69, 9.17) is 0 Å². The number of anilines is 1. The molecule has 15 unspecified atom stereocenters. The van der Waals surface area contributed by atoms with Crippen molar-refractivity contribution in [1.82, 2.24) is 31.1 Å². The van der Waals surface area contributed by atoms with Gasteiger partial charge in [0.25, 0.3) is 0 Å². The lowest BCUT2D eigenvalue weighted by atomic mass is 9.96. The van der Waals surface area contributed by atoms with Gasteiger partial charge in [0.05, 0.1) is 24.4 Å². The topological polar surface area (TPSA) is 351 Å². The smallest absolute Gasteiger partial charge is 0.248 e. The molecule has 22 nitrogen and oxygen atoms in total. The number of phenols is 1. The number of aromatic hydroxyl groups is 1. The largest absolute Gasteiger partial charge is 0.508 e. The van der Waals surface area contributed by atoms with Crippen molar-refractivity contribution in [1.29, 1.82) is 0 Å². The van der Waals surface area contributed by atoms with Crippen LogP contribution in [-0.2, 0) is 28.8 Å². The zero-order valence-electron chi connectivity index (χ0n) is 41.7. The van der Waals surface area contributed by atoms with Crippen molar-refractivity contribution in [3.8, 4) is 28.7 Å². The number of nitrogens with one attached hydrogen (secondary N) is 5. The fraction of sp³-hybridized carbons (Fsp3) is 0.407. The molecule has 4 aromatic carbocycles. The van der Waals surface area contributed by atoms with Gasteiger partial charge in [0.2, 0.25) is 35.4 Å².